The number of nitrogens with one attached hydrogen (secondary N) is 2. The summed E-state index contributed by atoms with van der Waals surface area (Å²) < 4.78 is 18.9. The molecule has 10 heteroatoms. The lowest BCUT2D eigenvalue weighted by atomic mass is 9.49. The molecule has 9 nitrogen and oxygen atoms in total. The third-order valence-electron chi connectivity index (χ3n) is 10.5. The molecule has 1 saturated heterocycles. The quantitative estimate of drug-likeness (QED) is 0.437. The number of anilines is 2. The number of ketones is 1. The molecule has 228 valence electrons. The number of urea groups is 1. The van der Waals surface area contributed by atoms with E-state index < -0.39 is 23.9 Å². The Hall–Kier alpha value is -3.37. The van der Waals surface area contributed by atoms with Gasteiger partial charge in [-0.1, -0.05) is 18.2 Å². The van der Waals surface area contributed by atoms with Crippen LogP contribution < -0.4 is 15.6 Å². The fourth-order valence-electron chi connectivity index (χ4n) is 9.06. The number of carbonyl (C=O) groups excluding carboxylic acids is 2. The summed E-state index contributed by atoms with van der Waals surface area (Å²) in [6, 6.07) is 12.5. The van der Waals surface area contributed by atoms with Crippen molar-refractivity contribution >= 4 is 23.2 Å². The molecule has 5 fully saturated rings. The number of hydrogen-bond acceptors (Lipinski definition) is 5. The van der Waals surface area contributed by atoms with E-state index >= 15 is 0 Å². The number of nitrogens with zero attached hydrogens (tertiary/aromatic N) is 3. The Morgan fingerprint density at radius 2 is 1.63 bits per heavy atom. The average molecular weight is 591 g/mol. The molecule has 4 aliphatic carbocycles. The van der Waals surface area contributed by atoms with Gasteiger partial charge in [0, 0.05) is 18.8 Å². The minimum absolute atomic E-state index is 0.0299. The summed E-state index contributed by atoms with van der Waals surface area (Å²) in [4.78, 5) is 45.0. The Balaban J connectivity index is 1.20. The lowest BCUT2D eigenvalue weighted by Crippen LogP contribution is -2.58. The fourth-order valence-corrected chi connectivity index (χ4v) is 9.06. The maximum Gasteiger partial charge on any atom is 0.369 e. The first-order valence-electron chi connectivity index (χ1n) is 15.9. The van der Waals surface area contributed by atoms with Crippen molar-refractivity contribution in [1.82, 2.24) is 10.2 Å². The zero-order valence-electron chi connectivity index (χ0n) is 24.6. The minimum Gasteiger partial charge on any atom is -0.379 e. The molecular weight excluding hydrogens is 549 g/mol. The van der Waals surface area contributed by atoms with Crippen LogP contribution in [0.15, 0.2) is 48.5 Å². The summed E-state index contributed by atoms with van der Waals surface area (Å²) in [6.45, 7) is 4.16. The van der Waals surface area contributed by atoms with E-state index in [1.165, 1.54) is 43.5 Å². The first-order valence-corrected chi connectivity index (χ1v) is 15.9. The molecule has 4 bridgehead atoms. The standard InChI is InChI=1S/C33H40FN5O4/c34-25-5-7-26(8-6-25)35-32(41)36-31-30(40)28(9-10-37-11-13-43-14-12-37)27-3-1-2-4-29(27)38(39(31)42)21-33-18-22-15-23(19-33)17-24(16-22)20-33/h1-8,22-24,28,31H,9-21H2,(H-,35,36,41)/p+1. The maximum atomic E-state index is 14.4. The molecule has 8 rings (SSSR count). The van der Waals surface area contributed by atoms with E-state index in [1.807, 2.05) is 24.3 Å². The van der Waals surface area contributed by atoms with E-state index in [1.54, 1.807) is 5.01 Å². The number of carbonyl (C=O) groups is 2. The molecule has 2 heterocycles. The third-order valence-corrected chi connectivity index (χ3v) is 10.5. The predicted octanol–water partition coefficient (Wildman–Crippen LogP) is 5.08. The third kappa shape index (κ3) is 5.79. The SMILES string of the molecule is O=C(Nc1ccc(F)cc1)NC1C(=O)C(CCN2CCOCC2)c2ccccc2N(CC23CC4CC(CC(C4)C2)C3)[N+]1=O. The summed E-state index contributed by atoms with van der Waals surface area (Å²) in [5.74, 6) is 0.841. The molecule has 2 amide bonds. The van der Waals surface area contributed by atoms with Gasteiger partial charge in [-0.3, -0.25) is 15.0 Å². The summed E-state index contributed by atoms with van der Waals surface area (Å²) in [7, 11) is 0. The van der Waals surface area contributed by atoms with Gasteiger partial charge in [0.25, 0.3) is 0 Å². The molecule has 0 aromatic heterocycles. The summed E-state index contributed by atoms with van der Waals surface area (Å²) in [6.07, 6.45) is 6.37. The second-order valence-corrected chi connectivity index (χ2v) is 13.5. The number of para-hydroxylation sites is 1. The van der Waals surface area contributed by atoms with Crippen molar-refractivity contribution in [2.45, 2.75) is 57.0 Å². The van der Waals surface area contributed by atoms with Gasteiger partial charge in [0.05, 0.1) is 30.6 Å². The van der Waals surface area contributed by atoms with Crippen LogP contribution in [0.2, 0.25) is 0 Å². The monoisotopic (exact) mass is 590 g/mol. The van der Waals surface area contributed by atoms with Crippen LogP contribution in [0.5, 0.6) is 0 Å². The molecule has 43 heavy (non-hydrogen) atoms. The first-order chi connectivity index (χ1) is 20.9. The number of morpholine rings is 1. The number of halogens is 1. The molecule has 0 spiro atoms. The molecule has 4 saturated carbocycles. The molecule has 2 unspecified atom stereocenters. The van der Waals surface area contributed by atoms with E-state index in [4.69, 9.17) is 4.74 Å². The first kappa shape index (κ1) is 28.4. The topological polar surface area (TPSA) is 94.0 Å². The van der Waals surface area contributed by atoms with Crippen LogP contribution in [0.3, 0.4) is 0 Å². The highest BCUT2D eigenvalue weighted by Crippen LogP contribution is 2.60. The Kier molecular flexibility index (Phi) is 7.67. The van der Waals surface area contributed by atoms with Crippen molar-refractivity contribution in [3.63, 3.8) is 0 Å². The summed E-state index contributed by atoms with van der Waals surface area (Å²) in [5, 5.41) is 7.13. The number of ether oxygens (including phenoxy) is 1. The lowest BCUT2D eigenvalue weighted by Gasteiger charge is -2.57. The number of rotatable bonds is 7. The van der Waals surface area contributed by atoms with Gasteiger partial charge in [-0.25, -0.2) is 9.18 Å². The van der Waals surface area contributed by atoms with Crippen LogP contribution in [-0.2, 0) is 9.53 Å². The molecule has 2 aromatic rings. The zero-order chi connectivity index (χ0) is 29.6. The van der Waals surface area contributed by atoms with Gasteiger partial charge in [-0.2, -0.15) is 0 Å². The number of Topliss-reactive ketones (excluding diaryl/α,β-unsaturated/α-hetero) is 1. The number of nitroso groups, excluding NO2 is 1. The van der Waals surface area contributed by atoms with Gasteiger partial charge in [-0.15, -0.1) is 5.01 Å². The Labute approximate surface area is 251 Å². The van der Waals surface area contributed by atoms with Crippen molar-refractivity contribution in [2.75, 3.05) is 49.7 Å². The number of fused-ring (bicyclic) bond motifs is 1. The number of benzene rings is 2. The highest BCUT2D eigenvalue weighted by molar-refractivity contribution is 5.97. The summed E-state index contributed by atoms with van der Waals surface area (Å²) >= 11 is 0. The molecule has 2 N–H and O–H groups in total. The molecule has 6 aliphatic rings. The van der Waals surface area contributed by atoms with Crippen molar-refractivity contribution in [1.29, 1.82) is 0 Å². The predicted molar refractivity (Wildman–Crippen MR) is 160 cm³/mol. The van der Waals surface area contributed by atoms with Crippen LogP contribution in [0, 0.1) is 33.9 Å². The highest BCUT2D eigenvalue weighted by Gasteiger charge is 2.56. The maximum absolute atomic E-state index is 14.4. The van der Waals surface area contributed by atoms with Gasteiger partial charge in [0.15, 0.2) is 4.87 Å². The molecule has 2 aliphatic heterocycles. The highest BCUT2D eigenvalue weighted by atomic mass is 19.1. The summed E-state index contributed by atoms with van der Waals surface area (Å²) in [5.41, 5.74) is 2.00. The van der Waals surface area contributed by atoms with Crippen LogP contribution in [-0.4, -0.2) is 67.1 Å². The van der Waals surface area contributed by atoms with Gasteiger partial charge < -0.3 is 10.1 Å². The fraction of sp³-hybridized carbons (Fsp3) is 0.576. The average Bonchev–Trinajstić information content (AvgIpc) is 3.06. The Morgan fingerprint density at radius 3 is 2.30 bits per heavy atom. The van der Waals surface area contributed by atoms with Crippen molar-refractivity contribution < 1.29 is 23.6 Å². The van der Waals surface area contributed by atoms with Gasteiger partial charge >= 0.3 is 12.2 Å². The van der Waals surface area contributed by atoms with E-state index in [-0.39, 0.29) is 11.2 Å². The lowest BCUT2D eigenvalue weighted by molar-refractivity contribution is -0.589. The van der Waals surface area contributed by atoms with Crippen LogP contribution in [0.4, 0.5) is 20.6 Å². The van der Waals surface area contributed by atoms with Crippen LogP contribution in [0.25, 0.3) is 0 Å². The van der Waals surface area contributed by atoms with Crippen LogP contribution in [0.1, 0.15) is 56.4 Å². The molecule has 2 atom stereocenters. The number of hydrazine groups is 1. The number of amides is 2. The Morgan fingerprint density at radius 1 is 0.977 bits per heavy atom. The minimum atomic E-state index is -1.41. The number of hydrogen-bond donors (Lipinski definition) is 2. The molecule has 0 radical (unpaired) electrons. The Bertz CT molecular complexity index is 1340. The second-order valence-electron chi connectivity index (χ2n) is 13.5. The van der Waals surface area contributed by atoms with E-state index in [0.29, 0.717) is 56.2 Å². The molecule has 2 aromatic carbocycles. The largest absolute Gasteiger partial charge is 0.379 e. The van der Waals surface area contributed by atoms with E-state index in [9.17, 15) is 18.9 Å². The zero-order valence-corrected chi connectivity index (χ0v) is 24.6. The second kappa shape index (κ2) is 11.6. The van der Waals surface area contributed by atoms with E-state index in [2.05, 4.69) is 15.5 Å². The molecular formula is C33H41FN5O4+. The van der Waals surface area contributed by atoms with Gasteiger partial charge in [-0.05, 0) is 111 Å². The van der Waals surface area contributed by atoms with Gasteiger partial charge in [0.1, 0.15) is 11.5 Å². The van der Waals surface area contributed by atoms with Crippen molar-refractivity contribution in [2.24, 2.45) is 23.2 Å². The van der Waals surface area contributed by atoms with E-state index in [0.717, 1.165) is 48.5 Å². The van der Waals surface area contributed by atoms with Gasteiger partial charge in [0.2, 0.25) is 5.78 Å². The normalized spacial score (nSPS) is 31.9. The van der Waals surface area contributed by atoms with Crippen LogP contribution >= 0.6 is 0 Å². The van der Waals surface area contributed by atoms with Crippen molar-refractivity contribution in [3.8, 4) is 0 Å². The smallest absolute Gasteiger partial charge is 0.369 e. The van der Waals surface area contributed by atoms with Crippen molar-refractivity contribution in [3.05, 3.63) is 64.8 Å².